The monoisotopic (exact) mass is 435 g/mol. The fourth-order valence-electron chi connectivity index (χ4n) is 1.83. The molecule has 0 unspecified atom stereocenters. The molecule has 1 heterocycles. The van der Waals surface area contributed by atoms with Crippen LogP contribution < -0.4 is 4.90 Å². The average molecular weight is 435 g/mol. The van der Waals surface area contributed by atoms with Gasteiger partial charge < -0.3 is 35.1 Å². The predicted molar refractivity (Wildman–Crippen MR) is 68.5 cm³/mol. The van der Waals surface area contributed by atoms with Crippen molar-refractivity contribution in [3.8, 4) is 0 Å². The van der Waals surface area contributed by atoms with Crippen molar-refractivity contribution in [3.63, 3.8) is 0 Å². The van der Waals surface area contributed by atoms with Gasteiger partial charge in [0.2, 0.25) is 0 Å². The predicted octanol–water partition coefficient (Wildman–Crippen LogP) is 1.44. The second-order valence-electron chi connectivity index (χ2n) is 4.06. The molecule has 1 aliphatic rings. The van der Waals surface area contributed by atoms with Gasteiger partial charge in [0.25, 0.3) is 0 Å². The van der Waals surface area contributed by atoms with Crippen molar-refractivity contribution in [2.45, 2.75) is 17.8 Å². The van der Waals surface area contributed by atoms with Crippen LogP contribution in [0.1, 0.15) is 11.1 Å². The molecule has 2 nitrogen and oxygen atoms in total. The zero-order valence-electron chi connectivity index (χ0n) is 9.24. The van der Waals surface area contributed by atoms with Crippen LogP contribution in [0.4, 0.5) is 5.69 Å². The largest absolute Gasteiger partial charge is 0.800 e. The molecule has 0 bridgehead atoms. The van der Waals surface area contributed by atoms with Crippen molar-refractivity contribution in [1.82, 2.24) is 4.90 Å². The standard InChI is InChI=1S/C11H16N2S2.Au/c1-12(2)10-4-3-8-6-13(11(14)15)7-9(8)5-10;/h3-5,11,14-15H,6-7H2,1-2H3;/p-2. The summed E-state index contributed by atoms with van der Waals surface area (Å²) in [5.74, 6) is 0. The third kappa shape index (κ3) is 3.00. The Kier molecular flexibility index (Phi) is 5.29. The molecule has 0 saturated carbocycles. The number of hydrogen-bond donors (Lipinski definition) is 0. The molecule has 0 saturated heterocycles. The molecule has 0 N–H and O–H groups in total. The molecular weight excluding hydrogens is 421 g/mol. The van der Waals surface area contributed by atoms with Crippen LogP contribution in [0.25, 0.3) is 0 Å². The molecule has 1 aliphatic heterocycles. The zero-order valence-corrected chi connectivity index (χ0v) is 13.0. The van der Waals surface area contributed by atoms with Crippen LogP contribution in [0, 0.1) is 0 Å². The van der Waals surface area contributed by atoms with E-state index in [1.807, 2.05) is 0 Å². The third-order valence-electron chi connectivity index (χ3n) is 2.75. The van der Waals surface area contributed by atoms with Gasteiger partial charge in [-0.05, 0) is 23.3 Å². The van der Waals surface area contributed by atoms with E-state index in [1.165, 1.54) is 16.8 Å². The molecule has 0 atom stereocenters. The summed E-state index contributed by atoms with van der Waals surface area (Å²) in [4.78, 5) is 4.25. The Hall–Kier alpha value is 0.420. The topological polar surface area (TPSA) is 6.48 Å². The van der Waals surface area contributed by atoms with Gasteiger partial charge in [-0.2, -0.15) is 0 Å². The maximum atomic E-state index is 5.10. The Morgan fingerprint density at radius 1 is 1.19 bits per heavy atom. The first-order valence-electron chi connectivity index (χ1n) is 4.93. The summed E-state index contributed by atoms with van der Waals surface area (Å²) in [6, 6.07) is 6.55. The zero-order chi connectivity index (χ0) is 11.0. The minimum absolute atomic E-state index is 0. The number of anilines is 1. The van der Waals surface area contributed by atoms with Crippen molar-refractivity contribution in [2.75, 3.05) is 19.0 Å². The SMILES string of the molecule is CN(C)c1ccc2c(c1)CN(C([S-])[S-])C2.[Au]. The van der Waals surface area contributed by atoms with Gasteiger partial charge in [0.15, 0.2) is 0 Å². The van der Waals surface area contributed by atoms with E-state index in [9.17, 15) is 0 Å². The maximum absolute atomic E-state index is 5.10. The van der Waals surface area contributed by atoms with E-state index in [-0.39, 0.29) is 27.1 Å². The minimum atomic E-state index is -0.194. The smallest absolute Gasteiger partial charge is 0.0364 e. The first-order chi connectivity index (χ1) is 7.08. The van der Waals surface area contributed by atoms with Crippen LogP contribution in [0.3, 0.4) is 0 Å². The van der Waals surface area contributed by atoms with Gasteiger partial charge in [-0.15, -0.1) is 0 Å². The first-order valence-corrected chi connectivity index (χ1v) is 5.87. The molecule has 16 heavy (non-hydrogen) atoms. The van der Waals surface area contributed by atoms with Crippen LogP contribution in [0.15, 0.2) is 18.2 Å². The van der Waals surface area contributed by atoms with Crippen LogP contribution in [-0.2, 0) is 60.7 Å². The Morgan fingerprint density at radius 2 is 1.81 bits per heavy atom. The number of benzene rings is 1. The molecule has 1 aromatic carbocycles. The van der Waals surface area contributed by atoms with E-state index >= 15 is 0 Å². The Balaban J connectivity index is 0.00000128. The van der Waals surface area contributed by atoms with Crippen LogP contribution in [0.2, 0.25) is 0 Å². The van der Waals surface area contributed by atoms with Crippen molar-refractivity contribution in [1.29, 1.82) is 0 Å². The Bertz CT molecular complexity index is 369. The number of nitrogens with zero attached hydrogens (tertiary/aromatic N) is 2. The molecule has 5 heteroatoms. The van der Waals surface area contributed by atoms with E-state index in [2.05, 4.69) is 42.1 Å². The van der Waals surface area contributed by atoms with Gasteiger partial charge in [-0.1, -0.05) is 6.07 Å². The van der Waals surface area contributed by atoms with Gasteiger partial charge in [0, 0.05) is 55.3 Å². The van der Waals surface area contributed by atoms with E-state index in [0.717, 1.165) is 13.1 Å². The molecule has 0 aromatic heterocycles. The average Bonchev–Trinajstić information content (AvgIpc) is 2.59. The molecule has 93 valence electrons. The molecule has 1 aromatic rings. The quantitative estimate of drug-likeness (QED) is 0.513. The molecule has 0 fully saturated rings. The summed E-state index contributed by atoms with van der Waals surface area (Å²) in [5, 5.41) is 0. The summed E-state index contributed by atoms with van der Waals surface area (Å²) < 4.78 is -0.194. The molecule has 0 spiro atoms. The summed E-state index contributed by atoms with van der Waals surface area (Å²) >= 11 is 10.2. The number of fused-ring (bicyclic) bond motifs is 1. The molecule has 0 aliphatic carbocycles. The van der Waals surface area contributed by atoms with E-state index in [4.69, 9.17) is 25.3 Å². The van der Waals surface area contributed by atoms with Crippen LogP contribution >= 0.6 is 0 Å². The van der Waals surface area contributed by atoms with Crippen molar-refractivity contribution in [3.05, 3.63) is 29.3 Å². The molecule has 2 rings (SSSR count). The number of rotatable bonds is 2. The Labute approximate surface area is 124 Å². The van der Waals surface area contributed by atoms with Gasteiger partial charge in [0.1, 0.15) is 0 Å². The van der Waals surface area contributed by atoms with Gasteiger partial charge in [-0.25, -0.2) is 4.71 Å². The van der Waals surface area contributed by atoms with Gasteiger partial charge >= 0.3 is 0 Å². The number of hydrogen-bond acceptors (Lipinski definition) is 4. The van der Waals surface area contributed by atoms with E-state index < -0.39 is 0 Å². The molecular formula is C11H14AuN2S2-2. The summed E-state index contributed by atoms with van der Waals surface area (Å²) in [6.07, 6.45) is 0. The summed E-state index contributed by atoms with van der Waals surface area (Å²) in [7, 11) is 4.11. The summed E-state index contributed by atoms with van der Waals surface area (Å²) in [6.45, 7) is 1.80. The molecule has 1 radical (unpaired) electrons. The van der Waals surface area contributed by atoms with Gasteiger partial charge in [-0.3, -0.25) is 0 Å². The maximum Gasteiger partial charge on any atom is 0.0364 e. The van der Waals surface area contributed by atoms with Crippen molar-refractivity contribution >= 4 is 30.9 Å². The van der Waals surface area contributed by atoms with Crippen molar-refractivity contribution < 1.29 is 22.4 Å². The van der Waals surface area contributed by atoms with E-state index in [0.29, 0.717) is 0 Å². The van der Waals surface area contributed by atoms with Crippen LogP contribution in [-0.4, -0.2) is 23.7 Å². The summed E-state index contributed by atoms with van der Waals surface area (Å²) in [5.41, 5.74) is 3.96. The second kappa shape index (κ2) is 5.85. The first kappa shape index (κ1) is 14.5. The molecule has 0 amide bonds. The Morgan fingerprint density at radius 3 is 2.38 bits per heavy atom. The second-order valence-corrected chi connectivity index (χ2v) is 5.25. The van der Waals surface area contributed by atoms with Crippen molar-refractivity contribution in [2.24, 2.45) is 0 Å². The fraction of sp³-hybridized carbons (Fsp3) is 0.455. The minimum Gasteiger partial charge on any atom is -0.800 e. The van der Waals surface area contributed by atoms with E-state index in [1.54, 1.807) is 0 Å². The fourth-order valence-corrected chi connectivity index (χ4v) is 2.13. The normalized spacial score (nSPS) is 14.8. The van der Waals surface area contributed by atoms with Gasteiger partial charge in [0.05, 0.1) is 0 Å². The third-order valence-corrected chi connectivity index (χ3v) is 3.35. The van der Waals surface area contributed by atoms with Crippen LogP contribution in [0.5, 0.6) is 0 Å².